The molecule has 0 bridgehead atoms. The van der Waals surface area contributed by atoms with Gasteiger partial charge in [-0.1, -0.05) is 35.3 Å². The number of halogens is 2. The summed E-state index contributed by atoms with van der Waals surface area (Å²) in [4.78, 5) is 39.5. The highest BCUT2D eigenvalue weighted by atomic mass is 35.5. The minimum atomic E-state index is -0.557. The molecule has 1 heterocycles. The molecule has 0 radical (unpaired) electrons. The van der Waals surface area contributed by atoms with Gasteiger partial charge in [0.2, 0.25) is 0 Å². The zero-order chi connectivity index (χ0) is 26.5. The Labute approximate surface area is 227 Å². The quantitative estimate of drug-likeness (QED) is 0.170. The fourth-order valence-electron chi connectivity index (χ4n) is 3.46. The van der Waals surface area contributed by atoms with Gasteiger partial charge in [-0.25, -0.2) is 4.79 Å². The molecular weight excluding hydrogens is 537 g/mol. The molecule has 1 aliphatic heterocycles. The largest absolute Gasteiger partial charge is 0.497 e. The SMILES string of the molecule is CCOc1cc(/C=C2\SC(=O)N(Cc3ccc(Cl)cc3Cl)C2=O)ccc1OC(=O)c1ccc(OC)cc1. The van der Waals surface area contributed by atoms with E-state index in [1.807, 2.05) is 0 Å². The minimum absolute atomic E-state index is 0.0302. The van der Waals surface area contributed by atoms with Crippen LogP contribution in [0, 0.1) is 0 Å². The average molecular weight is 558 g/mol. The molecule has 1 fully saturated rings. The molecule has 0 unspecified atom stereocenters. The lowest BCUT2D eigenvalue weighted by atomic mass is 10.1. The lowest BCUT2D eigenvalue weighted by molar-refractivity contribution is -0.123. The Bertz CT molecular complexity index is 1390. The lowest BCUT2D eigenvalue weighted by Crippen LogP contribution is -2.27. The number of carbonyl (C=O) groups excluding carboxylic acids is 3. The third kappa shape index (κ3) is 6.28. The van der Waals surface area contributed by atoms with Crippen molar-refractivity contribution in [3.8, 4) is 17.2 Å². The van der Waals surface area contributed by atoms with Gasteiger partial charge in [0.15, 0.2) is 11.5 Å². The molecular formula is C27H21Cl2NO6S. The summed E-state index contributed by atoms with van der Waals surface area (Å²) in [5, 5.41) is 0.431. The maximum absolute atomic E-state index is 13.0. The molecule has 3 aromatic rings. The fraction of sp³-hybridized carbons (Fsp3) is 0.148. The van der Waals surface area contributed by atoms with Crippen molar-refractivity contribution < 1.29 is 28.6 Å². The minimum Gasteiger partial charge on any atom is -0.497 e. The molecule has 3 aromatic carbocycles. The van der Waals surface area contributed by atoms with Crippen LogP contribution < -0.4 is 14.2 Å². The number of imide groups is 1. The van der Waals surface area contributed by atoms with Crippen LogP contribution in [0.3, 0.4) is 0 Å². The van der Waals surface area contributed by atoms with Crippen molar-refractivity contribution in [2.24, 2.45) is 0 Å². The van der Waals surface area contributed by atoms with Crippen LogP contribution in [0.1, 0.15) is 28.4 Å². The summed E-state index contributed by atoms with van der Waals surface area (Å²) >= 11 is 13.0. The molecule has 0 atom stereocenters. The highest BCUT2D eigenvalue weighted by Gasteiger charge is 2.35. The first-order valence-corrected chi connectivity index (χ1v) is 12.7. The zero-order valence-corrected chi connectivity index (χ0v) is 22.2. The average Bonchev–Trinajstić information content (AvgIpc) is 3.14. The van der Waals surface area contributed by atoms with E-state index in [4.69, 9.17) is 37.4 Å². The summed E-state index contributed by atoms with van der Waals surface area (Å²) < 4.78 is 16.3. The number of benzene rings is 3. The van der Waals surface area contributed by atoms with Crippen LogP contribution in [-0.2, 0) is 11.3 Å². The van der Waals surface area contributed by atoms with Crippen molar-refractivity contribution in [2.45, 2.75) is 13.5 Å². The number of ether oxygens (including phenoxy) is 3. The second-order valence-corrected chi connectivity index (χ2v) is 9.60. The lowest BCUT2D eigenvalue weighted by Gasteiger charge is -2.14. The molecule has 4 rings (SSSR count). The van der Waals surface area contributed by atoms with E-state index in [2.05, 4.69) is 0 Å². The van der Waals surface area contributed by atoms with Crippen molar-refractivity contribution in [3.63, 3.8) is 0 Å². The first-order chi connectivity index (χ1) is 17.8. The van der Waals surface area contributed by atoms with Crippen molar-refractivity contribution in [3.05, 3.63) is 92.3 Å². The monoisotopic (exact) mass is 557 g/mol. The van der Waals surface area contributed by atoms with E-state index in [0.29, 0.717) is 44.8 Å². The van der Waals surface area contributed by atoms with Crippen molar-refractivity contribution in [1.82, 2.24) is 4.90 Å². The summed E-state index contributed by atoms with van der Waals surface area (Å²) in [6.45, 7) is 2.16. The number of carbonyl (C=O) groups is 3. The maximum Gasteiger partial charge on any atom is 0.343 e. The van der Waals surface area contributed by atoms with Crippen molar-refractivity contribution in [1.29, 1.82) is 0 Å². The molecule has 1 saturated heterocycles. The van der Waals surface area contributed by atoms with Gasteiger partial charge >= 0.3 is 5.97 Å². The summed E-state index contributed by atoms with van der Waals surface area (Å²) in [5.41, 5.74) is 1.56. The molecule has 2 amide bonds. The van der Waals surface area contributed by atoms with Gasteiger partial charge in [-0.3, -0.25) is 14.5 Å². The third-order valence-electron chi connectivity index (χ3n) is 5.31. The molecule has 1 aliphatic rings. The molecule has 0 saturated carbocycles. The molecule has 0 spiro atoms. The normalized spacial score (nSPS) is 14.3. The Morgan fingerprint density at radius 3 is 2.43 bits per heavy atom. The van der Waals surface area contributed by atoms with E-state index in [0.717, 1.165) is 16.7 Å². The van der Waals surface area contributed by atoms with Crippen LogP contribution in [0.4, 0.5) is 4.79 Å². The van der Waals surface area contributed by atoms with Crippen LogP contribution in [-0.4, -0.2) is 35.7 Å². The Morgan fingerprint density at radius 1 is 1.00 bits per heavy atom. The number of rotatable bonds is 8. The van der Waals surface area contributed by atoms with Gasteiger partial charge < -0.3 is 14.2 Å². The smallest absolute Gasteiger partial charge is 0.343 e. The van der Waals surface area contributed by atoms with Crippen molar-refractivity contribution >= 4 is 58.2 Å². The Kier molecular flexibility index (Phi) is 8.43. The highest BCUT2D eigenvalue weighted by molar-refractivity contribution is 8.18. The Morgan fingerprint density at radius 2 is 1.76 bits per heavy atom. The van der Waals surface area contributed by atoms with E-state index < -0.39 is 17.1 Å². The number of thioether (sulfide) groups is 1. The first-order valence-electron chi connectivity index (χ1n) is 11.1. The van der Waals surface area contributed by atoms with Gasteiger partial charge in [0.1, 0.15) is 5.75 Å². The van der Waals surface area contributed by atoms with Gasteiger partial charge in [0, 0.05) is 10.0 Å². The topological polar surface area (TPSA) is 82.1 Å². The summed E-state index contributed by atoms with van der Waals surface area (Å²) in [6, 6.07) is 16.3. The molecule has 0 aliphatic carbocycles. The highest BCUT2D eigenvalue weighted by Crippen LogP contribution is 2.36. The van der Waals surface area contributed by atoms with E-state index in [1.54, 1.807) is 80.8 Å². The van der Waals surface area contributed by atoms with E-state index in [9.17, 15) is 14.4 Å². The second-order valence-electron chi connectivity index (χ2n) is 7.76. The maximum atomic E-state index is 13.0. The van der Waals surface area contributed by atoms with Crippen LogP contribution in [0.2, 0.25) is 10.0 Å². The number of amides is 2. The second kappa shape index (κ2) is 11.7. The number of nitrogens with zero attached hydrogens (tertiary/aromatic N) is 1. The molecule has 10 heteroatoms. The first kappa shape index (κ1) is 26.6. The number of hydrogen-bond donors (Lipinski definition) is 0. The fourth-order valence-corrected chi connectivity index (χ4v) is 4.77. The van der Waals surface area contributed by atoms with Crippen LogP contribution in [0.15, 0.2) is 65.6 Å². The molecule has 190 valence electrons. The summed E-state index contributed by atoms with van der Waals surface area (Å²) in [6.07, 6.45) is 1.59. The van der Waals surface area contributed by atoms with Crippen LogP contribution in [0.25, 0.3) is 6.08 Å². The molecule has 37 heavy (non-hydrogen) atoms. The zero-order valence-electron chi connectivity index (χ0n) is 19.8. The van der Waals surface area contributed by atoms with Gasteiger partial charge in [-0.2, -0.15) is 0 Å². The van der Waals surface area contributed by atoms with E-state index >= 15 is 0 Å². The van der Waals surface area contributed by atoms with E-state index in [1.165, 1.54) is 0 Å². The number of hydrogen-bond acceptors (Lipinski definition) is 7. The summed E-state index contributed by atoms with van der Waals surface area (Å²) in [7, 11) is 1.54. The van der Waals surface area contributed by atoms with Gasteiger partial charge in [-0.05, 0) is 84.4 Å². The molecule has 0 N–H and O–H groups in total. The van der Waals surface area contributed by atoms with Gasteiger partial charge in [-0.15, -0.1) is 0 Å². The number of methoxy groups -OCH3 is 1. The van der Waals surface area contributed by atoms with Crippen molar-refractivity contribution in [2.75, 3.05) is 13.7 Å². The van der Waals surface area contributed by atoms with E-state index in [-0.39, 0.29) is 17.2 Å². The van der Waals surface area contributed by atoms with Gasteiger partial charge in [0.05, 0.1) is 30.7 Å². The Hall–Kier alpha value is -3.46. The summed E-state index contributed by atoms with van der Waals surface area (Å²) in [5.74, 6) is 0.180. The standard InChI is InChI=1S/C27H21Cl2NO6S/c1-3-35-23-12-16(4-11-22(23)36-26(32)17-6-9-20(34-2)10-7-17)13-24-25(31)30(27(33)37-24)15-18-5-8-19(28)14-21(18)29/h4-14H,3,15H2,1-2H3/b24-13-. The predicted octanol–water partition coefficient (Wildman–Crippen LogP) is 6.86. The van der Waals surface area contributed by atoms with Crippen LogP contribution >= 0.6 is 35.0 Å². The molecule has 0 aromatic heterocycles. The number of esters is 1. The predicted molar refractivity (Wildman–Crippen MR) is 144 cm³/mol. The molecule has 7 nitrogen and oxygen atoms in total. The third-order valence-corrected chi connectivity index (χ3v) is 6.81. The Balaban J connectivity index is 1.53. The van der Waals surface area contributed by atoms with Gasteiger partial charge in [0.25, 0.3) is 11.1 Å². The van der Waals surface area contributed by atoms with Crippen LogP contribution in [0.5, 0.6) is 17.2 Å².